The number of amides is 1. The van der Waals surface area contributed by atoms with Crippen molar-refractivity contribution in [3.8, 4) is 5.75 Å². The van der Waals surface area contributed by atoms with Crippen LogP contribution in [0, 0.1) is 0 Å². The maximum Gasteiger partial charge on any atom is 0.256 e. The van der Waals surface area contributed by atoms with Crippen LogP contribution in [0.3, 0.4) is 0 Å². The van der Waals surface area contributed by atoms with Gasteiger partial charge >= 0.3 is 0 Å². The van der Waals surface area contributed by atoms with Gasteiger partial charge in [0.15, 0.2) is 11.3 Å². The van der Waals surface area contributed by atoms with E-state index >= 15 is 0 Å². The van der Waals surface area contributed by atoms with E-state index in [-0.39, 0.29) is 5.91 Å². The van der Waals surface area contributed by atoms with Crippen LogP contribution < -0.4 is 10.1 Å². The SMILES string of the molecule is COc1ccc(C(=O)Nc2cccnc2)c2c3c(oc12)CCCCC3. The van der Waals surface area contributed by atoms with E-state index in [2.05, 4.69) is 10.3 Å². The fourth-order valence-electron chi connectivity index (χ4n) is 3.50. The molecule has 0 bridgehead atoms. The van der Waals surface area contributed by atoms with E-state index in [1.165, 1.54) is 6.42 Å². The van der Waals surface area contributed by atoms with E-state index in [0.717, 1.165) is 42.4 Å². The van der Waals surface area contributed by atoms with Crippen LogP contribution in [0.4, 0.5) is 5.69 Å². The standard InChI is InChI=1S/C20H20N2O3/c1-24-17-10-9-15(20(23)22-13-6-5-11-21-12-13)18-14-7-3-2-4-8-16(14)25-19(17)18/h5-6,9-12H,2-4,7-8H2,1H3,(H,22,23). The molecule has 0 unspecified atom stereocenters. The number of methoxy groups -OCH3 is 1. The third kappa shape index (κ3) is 2.86. The van der Waals surface area contributed by atoms with Crippen molar-refractivity contribution in [1.82, 2.24) is 4.98 Å². The van der Waals surface area contributed by atoms with Crippen LogP contribution >= 0.6 is 0 Å². The molecule has 1 amide bonds. The molecule has 0 radical (unpaired) electrons. The Labute approximate surface area is 146 Å². The molecular formula is C20H20N2O3. The highest BCUT2D eigenvalue weighted by Crippen LogP contribution is 2.38. The van der Waals surface area contributed by atoms with Crippen molar-refractivity contribution in [2.75, 3.05) is 12.4 Å². The normalized spacial score (nSPS) is 14.0. The highest BCUT2D eigenvalue weighted by atomic mass is 16.5. The predicted octanol–water partition coefficient (Wildman–Crippen LogP) is 4.36. The summed E-state index contributed by atoms with van der Waals surface area (Å²) in [4.78, 5) is 16.9. The number of aryl methyl sites for hydroxylation is 2. The van der Waals surface area contributed by atoms with Crippen molar-refractivity contribution in [2.45, 2.75) is 32.1 Å². The molecule has 5 nitrogen and oxygen atoms in total. The fraction of sp³-hybridized carbons (Fsp3) is 0.300. The Kier molecular flexibility index (Phi) is 4.14. The molecule has 2 aromatic heterocycles. The molecule has 25 heavy (non-hydrogen) atoms. The Hall–Kier alpha value is -2.82. The van der Waals surface area contributed by atoms with E-state index in [9.17, 15) is 4.79 Å². The molecular weight excluding hydrogens is 316 g/mol. The summed E-state index contributed by atoms with van der Waals surface area (Å²) in [7, 11) is 1.62. The van der Waals surface area contributed by atoms with Gasteiger partial charge in [0, 0.05) is 23.6 Å². The average Bonchev–Trinajstić information content (AvgIpc) is 2.84. The number of carbonyl (C=O) groups excluding carboxylic acids is 1. The first-order chi connectivity index (χ1) is 12.3. The number of nitrogens with one attached hydrogen (secondary N) is 1. The van der Waals surface area contributed by atoms with E-state index < -0.39 is 0 Å². The lowest BCUT2D eigenvalue weighted by Crippen LogP contribution is -2.13. The lowest BCUT2D eigenvalue weighted by atomic mass is 10.0. The minimum Gasteiger partial charge on any atom is -0.493 e. The molecule has 1 N–H and O–H groups in total. The largest absolute Gasteiger partial charge is 0.493 e. The number of fused-ring (bicyclic) bond motifs is 3. The van der Waals surface area contributed by atoms with Crippen molar-refractivity contribution in [3.63, 3.8) is 0 Å². The monoisotopic (exact) mass is 336 g/mol. The first-order valence-corrected chi connectivity index (χ1v) is 8.60. The second-order valence-corrected chi connectivity index (χ2v) is 6.28. The fourth-order valence-corrected chi connectivity index (χ4v) is 3.50. The van der Waals surface area contributed by atoms with Gasteiger partial charge in [-0.2, -0.15) is 0 Å². The van der Waals surface area contributed by atoms with Crippen molar-refractivity contribution in [1.29, 1.82) is 0 Å². The summed E-state index contributed by atoms with van der Waals surface area (Å²) in [5, 5.41) is 3.80. The first kappa shape index (κ1) is 15.7. The van der Waals surface area contributed by atoms with Gasteiger partial charge in [-0.05, 0) is 43.5 Å². The van der Waals surface area contributed by atoms with Crippen LogP contribution in [0.15, 0.2) is 41.1 Å². The molecule has 0 atom stereocenters. The number of rotatable bonds is 3. The van der Waals surface area contributed by atoms with E-state index in [1.54, 1.807) is 31.6 Å². The van der Waals surface area contributed by atoms with Crippen molar-refractivity contribution < 1.29 is 13.9 Å². The number of aromatic nitrogens is 1. The molecule has 1 aromatic carbocycles. The van der Waals surface area contributed by atoms with Gasteiger partial charge in [0.05, 0.1) is 24.6 Å². The van der Waals surface area contributed by atoms with E-state index in [0.29, 0.717) is 22.6 Å². The Bertz CT molecular complexity index is 916. The number of carbonyl (C=O) groups is 1. The molecule has 4 rings (SSSR count). The minimum atomic E-state index is -0.159. The summed E-state index contributed by atoms with van der Waals surface area (Å²) < 4.78 is 11.6. The molecule has 2 heterocycles. The number of ether oxygens (including phenoxy) is 1. The molecule has 0 fully saturated rings. The highest BCUT2D eigenvalue weighted by molar-refractivity contribution is 6.14. The summed E-state index contributed by atoms with van der Waals surface area (Å²) in [6.07, 6.45) is 8.58. The predicted molar refractivity (Wildman–Crippen MR) is 96.2 cm³/mol. The molecule has 3 aromatic rings. The maximum atomic E-state index is 12.9. The second-order valence-electron chi connectivity index (χ2n) is 6.28. The van der Waals surface area contributed by atoms with Crippen LogP contribution in [-0.4, -0.2) is 18.0 Å². The van der Waals surface area contributed by atoms with Crippen molar-refractivity contribution in [3.05, 3.63) is 53.5 Å². The van der Waals surface area contributed by atoms with Crippen LogP contribution in [0.25, 0.3) is 11.0 Å². The average molecular weight is 336 g/mol. The van der Waals surface area contributed by atoms with Crippen molar-refractivity contribution in [2.24, 2.45) is 0 Å². The number of pyridine rings is 1. The van der Waals surface area contributed by atoms with Crippen LogP contribution in [0.5, 0.6) is 5.75 Å². The van der Waals surface area contributed by atoms with Gasteiger partial charge in [-0.15, -0.1) is 0 Å². The molecule has 5 heteroatoms. The zero-order valence-corrected chi connectivity index (χ0v) is 14.2. The Morgan fingerprint density at radius 3 is 2.88 bits per heavy atom. The molecule has 0 aliphatic heterocycles. The quantitative estimate of drug-likeness (QED) is 0.722. The number of hydrogen-bond acceptors (Lipinski definition) is 4. The van der Waals surface area contributed by atoms with Crippen LogP contribution in [-0.2, 0) is 12.8 Å². The smallest absolute Gasteiger partial charge is 0.256 e. The molecule has 128 valence electrons. The molecule has 1 aliphatic carbocycles. The second kappa shape index (κ2) is 6.59. The Balaban J connectivity index is 1.83. The van der Waals surface area contributed by atoms with Gasteiger partial charge in [-0.1, -0.05) is 6.42 Å². The zero-order chi connectivity index (χ0) is 17.2. The number of nitrogens with zero attached hydrogens (tertiary/aromatic N) is 1. The first-order valence-electron chi connectivity index (χ1n) is 8.60. The van der Waals surface area contributed by atoms with Gasteiger partial charge in [-0.3, -0.25) is 9.78 Å². The van der Waals surface area contributed by atoms with Gasteiger partial charge in [-0.25, -0.2) is 0 Å². The summed E-state index contributed by atoms with van der Waals surface area (Å²) in [6, 6.07) is 7.22. The maximum absolute atomic E-state index is 12.9. The topological polar surface area (TPSA) is 64.4 Å². The summed E-state index contributed by atoms with van der Waals surface area (Å²) in [5.74, 6) is 1.50. The number of hydrogen-bond donors (Lipinski definition) is 1. The van der Waals surface area contributed by atoms with Crippen LogP contribution in [0.2, 0.25) is 0 Å². The lowest BCUT2D eigenvalue weighted by Gasteiger charge is -2.09. The molecule has 0 spiro atoms. The number of benzene rings is 1. The summed E-state index contributed by atoms with van der Waals surface area (Å²) in [6.45, 7) is 0. The molecule has 0 saturated heterocycles. The zero-order valence-electron chi connectivity index (χ0n) is 14.2. The minimum absolute atomic E-state index is 0.159. The lowest BCUT2D eigenvalue weighted by molar-refractivity contribution is 0.102. The van der Waals surface area contributed by atoms with Crippen LogP contribution in [0.1, 0.15) is 40.9 Å². The molecule has 0 saturated carbocycles. The van der Waals surface area contributed by atoms with E-state index in [4.69, 9.17) is 9.15 Å². The summed E-state index contributed by atoms with van der Waals surface area (Å²) in [5.41, 5.74) is 3.12. The van der Waals surface area contributed by atoms with Gasteiger partial charge in [0.2, 0.25) is 0 Å². The Morgan fingerprint density at radius 1 is 1.20 bits per heavy atom. The number of furan rings is 1. The number of anilines is 1. The highest BCUT2D eigenvalue weighted by Gasteiger charge is 2.24. The Morgan fingerprint density at radius 2 is 2.08 bits per heavy atom. The van der Waals surface area contributed by atoms with E-state index in [1.807, 2.05) is 12.1 Å². The molecule has 1 aliphatic rings. The van der Waals surface area contributed by atoms with Gasteiger partial charge in [0.25, 0.3) is 5.91 Å². The third-order valence-corrected chi connectivity index (χ3v) is 4.70. The van der Waals surface area contributed by atoms with Gasteiger partial charge < -0.3 is 14.5 Å². The summed E-state index contributed by atoms with van der Waals surface area (Å²) >= 11 is 0. The third-order valence-electron chi connectivity index (χ3n) is 4.70. The van der Waals surface area contributed by atoms with Gasteiger partial charge in [0.1, 0.15) is 5.76 Å². The van der Waals surface area contributed by atoms with Crippen molar-refractivity contribution >= 4 is 22.6 Å².